The van der Waals surface area contributed by atoms with Crippen molar-refractivity contribution in [1.29, 1.82) is 0 Å². The standard InChI is InChI=1S/C12H10ClN5O/c1-19-10-6-9(17-18-10)15-11-7-4-2-3-5-8(7)14-12(13)16-11/h2-6H,1H3,(H2,14,15,16,17,18). The van der Waals surface area contributed by atoms with Crippen molar-refractivity contribution in [1.82, 2.24) is 20.2 Å². The highest BCUT2D eigenvalue weighted by Crippen LogP contribution is 2.25. The molecule has 0 radical (unpaired) electrons. The minimum Gasteiger partial charge on any atom is -0.480 e. The first-order valence-corrected chi connectivity index (χ1v) is 5.93. The summed E-state index contributed by atoms with van der Waals surface area (Å²) >= 11 is 5.91. The average molecular weight is 276 g/mol. The molecule has 0 bridgehead atoms. The SMILES string of the molecule is COc1cc(Nc2nc(Cl)nc3ccccc23)[nH]n1. The Kier molecular flexibility index (Phi) is 2.92. The lowest BCUT2D eigenvalue weighted by Gasteiger charge is -2.06. The minimum absolute atomic E-state index is 0.188. The van der Waals surface area contributed by atoms with Crippen LogP contribution in [0.2, 0.25) is 5.28 Å². The van der Waals surface area contributed by atoms with E-state index >= 15 is 0 Å². The number of fused-ring (bicyclic) bond motifs is 1. The molecule has 0 unspecified atom stereocenters. The number of rotatable bonds is 3. The molecule has 6 nitrogen and oxygen atoms in total. The quantitative estimate of drug-likeness (QED) is 0.719. The molecule has 0 spiro atoms. The van der Waals surface area contributed by atoms with E-state index in [1.807, 2.05) is 24.3 Å². The van der Waals surface area contributed by atoms with E-state index in [1.165, 1.54) is 0 Å². The Bertz CT molecular complexity index is 727. The Balaban J connectivity index is 2.04. The molecule has 0 aliphatic carbocycles. The number of hydrogen-bond acceptors (Lipinski definition) is 5. The van der Waals surface area contributed by atoms with Crippen LogP contribution < -0.4 is 10.1 Å². The Morgan fingerprint density at radius 1 is 1.26 bits per heavy atom. The van der Waals surface area contributed by atoms with Crippen LogP contribution in [0.4, 0.5) is 11.6 Å². The van der Waals surface area contributed by atoms with Crippen LogP contribution in [0.25, 0.3) is 10.9 Å². The van der Waals surface area contributed by atoms with Gasteiger partial charge in [0.2, 0.25) is 11.2 Å². The number of para-hydroxylation sites is 1. The number of benzene rings is 1. The Labute approximate surface area is 113 Å². The summed E-state index contributed by atoms with van der Waals surface area (Å²) < 4.78 is 5.00. The molecule has 2 aromatic heterocycles. The van der Waals surface area contributed by atoms with Gasteiger partial charge in [-0.25, -0.2) is 4.98 Å². The molecule has 1 aromatic carbocycles. The van der Waals surface area contributed by atoms with E-state index in [4.69, 9.17) is 16.3 Å². The number of anilines is 2. The van der Waals surface area contributed by atoms with E-state index in [0.29, 0.717) is 17.5 Å². The fourth-order valence-electron chi connectivity index (χ4n) is 1.74. The van der Waals surface area contributed by atoms with Gasteiger partial charge in [-0.3, -0.25) is 5.10 Å². The number of halogens is 1. The van der Waals surface area contributed by atoms with Crippen LogP contribution in [-0.4, -0.2) is 27.3 Å². The van der Waals surface area contributed by atoms with Crippen molar-refractivity contribution in [2.75, 3.05) is 12.4 Å². The zero-order valence-electron chi connectivity index (χ0n) is 10.0. The molecule has 3 rings (SSSR count). The highest BCUT2D eigenvalue weighted by atomic mass is 35.5. The first-order valence-electron chi connectivity index (χ1n) is 5.55. The fraction of sp³-hybridized carbons (Fsp3) is 0.0833. The molecular formula is C12H10ClN5O. The molecule has 96 valence electrons. The zero-order valence-corrected chi connectivity index (χ0v) is 10.8. The predicted octanol–water partition coefficient (Wildman–Crippen LogP) is 2.76. The topological polar surface area (TPSA) is 75.7 Å². The molecule has 2 N–H and O–H groups in total. The highest BCUT2D eigenvalue weighted by Gasteiger charge is 2.08. The summed E-state index contributed by atoms with van der Waals surface area (Å²) in [6.45, 7) is 0. The zero-order chi connectivity index (χ0) is 13.2. The third kappa shape index (κ3) is 2.30. The Morgan fingerprint density at radius 3 is 2.89 bits per heavy atom. The molecule has 0 aliphatic rings. The summed E-state index contributed by atoms with van der Waals surface area (Å²) in [7, 11) is 1.55. The summed E-state index contributed by atoms with van der Waals surface area (Å²) in [4.78, 5) is 8.35. The number of aromatic nitrogens is 4. The van der Waals surface area contributed by atoms with E-state index in [-0.39, 0.29) is 5.28 Å². The van der Waals surface area contributed by atoms with Gasteiger partial charge >= 0.3 is 0 Å². The highest BCUT2D eigenvalue weighted by molar-refractivity contribution is 6.28. The number of nitrogens with one attached hydrogen (secondary N) is 2. The van der Waals surface area contributed by atoms with Gasteiger partial charge in [-0.15, -0.1) is 5.10 Å². The van der Waals surface area contributed by atoms with Gasteiger partial charge in [-0.2, -0.15) is 4.98 Å². The molecular weight excluding hydrogens is 266 g/mol. The van der Waals surface area contributed by atoms with Gasteiger partial charge in [0.25, 0.3) is 0 Å². The Morgan fingerprint density at radius 2 is 2.11 bits per heavy atom. The summed E-state index contributed by atoms with van der Waals surface area (Å²) in [5.41, 5.74) is 0.775. The van der Waals surface area contributed by atoms with Gasteiger partial charge < -0.3 is 10.1 Å². The van der Waals surface area contributed by atoms with Crippen LogP contribution in [0.5, 0.6) is 5.88 Å². The maximum absolute atomic E-state index is 5.91. The van der Waals surface area contributed by atoms with Gasteiger partial charge in [0, 0.05) is 11.5 Å². The molecule has 0 amide bonds. The van der Waals surface area contributed by atoms with Crippen molar-refractivity contribution in [2.45, 2.75) is 0 Å². The normalized spacial score (nSPS) is 10.6. The number of methoxy groups -OCH3 is 1. The third-order valence-corrected chi connectivity index (χ3v) is 2.76. The van der Waals surface area contributed by atoms with E-state index in [2.05, 4.69) is 25.5 Å². The lowest BCUT2D eigenvalue weighted by Crippen LogP contribution is -1.97. The van der Waals surface area contributed by atoms with Crippen molar-refractivity contribution >= 4 is 34.1 Å². The maximum atomic E-state index is 5.91. The fourth-order valence-corrected chi connectivity index (χ4v) is 1.92. The second-order valence-corrected chi connectivity index (χ2v) is 4.15. The monoisotopic (exact) mass is 275 g/mol. The average Bonchev–Trinajstić information content (AvgIpc) is 2.86. The van der Waals surface area contributed by atoms with Crippen LogP contribution in [0.15, 0.2) is 30.3 Å². The Hall–Kier alpha value is -2.34. The molecule has 0 saturated heterocycles. The molecule has 3 aromatic rings. The molecule has 0 saturated carbocycles. The number of H-pyrrole nitrogens is 1. The van der Waals surface area contributed by atoms with Crippen molar-refractivity contribution in [3.8, 4) is 5.88 Å². The van der Waals surface area contributed by atoms with E-state index < -0.39 is 0 Å². The number of aromatic amines is 1. The van der Waals surface area contributed by atoms with E-state index in [1.54, 1.807) is 13.2 Å². The van der Waals surface area contributed by atoms with Crippen LogP contribution in [0.3, 0.4) is 0 Å². The molecule has 0 atom stereocenters. The second-order valence-electron chi connectivity index (χ2n) is 3.81. The largest absolute Gasteiger partial charge is 0.480 e. The van der Waals surface area contributed by atoms with Gasteiger partial charge in [0.1, 0.15) is 11.6 Å². The van der Waals surface area contributed by atoms with Crippen LogP contribution >= 0.6 is 11.6 Å². The predicted molar refractivity (Wildman–Crippen MR) is 73.0 cm³/mol. The van der Waals surface area contributed by atoms with Crippen LogP contribution in [0, 0.1) is 0 Å². The summed E-state index contributed by atoms with van der Waals surface area (Å²) in [5.74, 6) is 1.77. The molecule has 2 heterocycles. The third-order valence-electron chi connectivity index (χ3n) is 2.59. The van der Waals surface area contributed by atoms with E-state index in [0.717, 1.165) is 10.9 Å². The first-order chi connectivity index (χ1) is 9.26. The minimum atomic E-state index is 0.188. The summed E-state index contributed by atoms with van der Waals surface area (Å²) in [6, 6.07) is 9.33. The molecule has 0 aliphatic heterocycles. The molecule has 0 fully saturated rings. The number of hydrogen-bond donors (Lipinski definition) is 2. The van der Waals surface area contributed by atoms with E-state index in [9.17, 15) is 0 Å². The maximum Gasteiger partial charge on any atom is 0.234 e. The van der Waals surface area contributed by atoms with Gasteiger partial charge in [0.15, 0.2) is 0 Å². The lowest BCUT2D eigenvalue weighted by atomic mass is 10.2. The van der Waals surface area contributed by atoms with Crippen molar-refractivity contribution < 1.29 is 4.74 Å². The number of ether oxygens (including phenoxy) is 1. The number of nitrogens with zero attached hydrogens (tertiary/aromatic N) is 3. The van der Waals surface area contributed by atoms with Crippen molar-refractivity contribution in [2.24, 2.45) is 0 Å². The second kappa shape index (κ2) is 4.74. The van der Waals surface area contributed by atoms with Gasteiger partial charge in [-0.05, 0) is 23.7 Å². The molecule has 19 heavy (non-hydrogen) atoms. The smallest absolute Gasteiger partial charge is 0.234 e. The van der Waals surface area contributed by atoms with Crippen molar-refractivity contribution in [3.05, 3.63) is 35.6 Å². The molecule has 7 heteroatoms. The first kappa shape index (κ1) is 11.7. The van der Waals surface area contributed by atoms with Crippen molar-refractivity contribution in [3.63, 3.8) is 0 Å². The summed E-state index contributed by atoms with van der Waals surface area (Å²) in [5, 5.41) is 10.9. The van der Waals surface area contributed by atoms with Crippen LogP contribution in [0.1, 0.15) is 0 Å². The van der Waals surface area contributed by atoms with Gasteiger partial charge in [-0.1, -0.05) is 12.1 Å². The van der Waals surface area contributed by atoms with Crippen LogP contribution in [-0.2, 0) is 0 Å². The van der Waals surface area contributed by atoms with Gasteiger partial charge in [0.05, 0.1) is 12.6 Å². The summed E-state index contributed by atoms with van der Waals surface area (Å²) in [6.07, 6.45) is 0. The lowest BCUT2D eigenvalue weighted by molar-refractivity contribution is 0.397.